The number of hydrogen-bond acceptors (Lipinski definition) is 5. The molecule has 5 heteroatoms. The summed E-state index contributed by atoms with van der Waals surface area (Å²) in [6, 6.07) is 0. The van der Waals surface area contributed by atoms with Gasteiger partial charge in [0.05, 0.1) is 7.11 Å². The molecule has 0 aromatic rings. The van der Waals surface area contributed by atoms with Gasteiger partial charge in [0, 0.05) is 6.54 Å². The Balaban J connectivity index is 4.21. The average molecular weight is 213 g/mol. The number of hydrogen-bond donors (Lipinski definition) is 1. The number of esters is 1. The van der Waals surface area contributed by atoms with Crippen LogP contribution in [0.3, 0.4) is 0 Å². The predicted octanol–water partition coefficient (Wildman–Crippen LogP) is 0.585. The van der Waals surface area contributed by atoms with Crippen molar-refractivity contribution in [3.63, 3.8) is 0 Å². The van der Waals surface area contributed by atoms with E-state index in [2.05, 4.69) is 28.2 Å². The van der Waals surface area contributed by atoms with Crippen LogP contribution in [-0.4, -0.2) is 25.6 Å². The Morgan fingerprint density at radius 1 is 1.33 bits per heavy atom. The van der Waals surface area contributed by atoms with Crippen LogP contribution in [0, 0.1) is 5.92 Å². The number of methoxy groups -OCH3 is 1. The average Bonchev–Trinajstić information content (AvgIpc) is 2.25. The van der Waals surface area contributed by atoms with Crippen molar-refractivity contribution >= 4 is 11.9 Å². The van der Waals surface area contributed by atoms with Crippen LogP contribution in [0.2, 0.25) is 0 Å². The van der Waals surface area contributed by atoms with Crippen molar-refractivity contribution in [2.45, 2.75) is 6.42 Å². The second-order valence-corrected chi connectivity index (χ2v) is 2.66. The molecule has 0 fully saturated rings. The van der Waals surface area contributed by atoms with E-state index in [0.29, 0.717) is 6.54 Å². The molecule has 0 aromatic heterocycles. The normalized spacial score (nSPS) is 11.3. The van der Waals surface area contributed by atoms with Gasteiger partial charge < -0.3 is 9.57 Å². The summed E-state index contributed by atoms with van der Waals surface area (Å²) in [6.07, 6.45) is 3.16. The van der Waals surface area contributed by atoms with E-state index in [-0.39, 0.29) is 6.42 Å². The molecule has 0 bridgehead atoms. The first-order chi connectivity index (χ1) is 7.17. The van der Waals surface area contributed by atoms with E-state index in [1.54, 1.807) is 0 Å². The standard InChI is InChI=1S/C10H15NO4/c1-4-6-8(9(12)14-3)10(13)15-11-7-5-2/h4-5,8,11H,1-2,6-7H2,3H3. The molecule has 0 aliphatic carbocycles. The highest BCUT2D eigenvalue weighted by Crippen LogP contribution is 2.07. The number of carbonyl (C=O) groups is 2. The van der Waals surface area contributed by atoms with E-state index < -0.39 is 17.9 Å². The van der Waals surface area contributed by atoms with Crippen molar-refractivity contribution in [1.29, 1.82) is 0 Å². The lowest BCUT2D eigenvalue weighted by molar-refractivity contribution is -0.165. The third-order valence-corrected chi connectivity index (χ3v) is 1.57. The summed E-state index contributed by atoms with van der Waals surface area (Å²) in [4.78, 5) is 27.1. The van der Waals surface area contributed by atoms with E-state index in [4.69, 9.17) is 0 Å². The largest absolute Gasteiger partial charge is 0.468 e. The zero-order valence-corrected chi connectivity index (χ0v) is 8.69. The van der Waals surface area contributed by atoms with Crippen LogP contribution in [0.1, 0.15) is 6.42 Å². The van der Waals surface area contributed by atoms with Gasteiger partial charge in [-0.1, -0.05) is 12.2 Å². The highest BCUT2D eigenvalue weighted by atomic mass is 16.7. The van der Waals surface area contributed by atoms with Gasteiger partial charge in [-0.2, -0.15) is 0 Å². The Hall–Kier alpha value is -1.62. The Morgan fingerprint density at radius 2 is 2.00 bits per heavy atom. The summed E-state index contributed by atoms with van der Waals surface area (Å²) in [5.41, 5.74) is 2.34. The van der Waals surface area contributed by atoms with Crippen molar-refractivity contribution in [2.75, 3.05) is 13.7 Å². The molecule has 0 aliphatic rings. The Bertz CT molecular complexity index is 250. The third-order valence-electron chi connectivity index (χ3n) is 1.57. The van der Waals surface area contributed by atoms with Gasteiger partial charge in [-0.15, -0.1) is 18.6 Å². The number of hydroxylamine groups is 1. The van der Waals surface area contributed by atoms with E-state index in [9.17, 15) is 9.59 Å². The lowest BCUT2D eigenvalue weighted by Crippen LogP contribution is -2.31. The molecule has 84 valence electrons. The van der Waals surface area contributed by atoms with Crippen LogP contribution in [0.25, 0.3) is 0 Å². The number of allylic oxidation sites excluding steroid dienone is 1. The van der Waals surface area contributed by atoms with Crippen molar-refractivity contribution in [3.05, 3.63) is 25.3 Å². The van der Waals surface area contributed by atoms with Gasteiger partial charge in [0.15, 0.2) is 5.92 Å². The van der Waals surface area contributed by atoms with Crippen LogP contribution < -0.4 is 5.48 Å². The smallest absolute Gasteiger partial charge is 0.339 e. The highest BCUT2D eigenvalue weighted by molar-refractivity contribution is 5.94. The quantitative estimate of drug-likeness (QED) is 0.220. The molecule has 0 saturated carbocycles. The van der Waals surface area contributed by atoms with Gasteiger partial charge >= 0.3 is 11.9 Å². The first-order valence-corrected chi connectivity index (χ1v) is 4.40. The fourth-order valence-electron chi connectivity index (χ4n) is 0.840. The molecule has 0 radical (unpaired) electrons. The van der Waals surface area contributed by atoms with Crippen LogP contribution >= 0.6 is 0 Å². The maximum atomic E-state index is 11.3. The van der Waals surface area contributed by atoms with E-state index in [1.807, 2.05) is 0 Å². The fourth-order valence-corrected chi connectivity index (χ4v) is 0.840. The van der Waals surface area contributed by atoms with Gasteiger partial charge in [-0.05, 0) is 6.42 Å². The summed E-state index contributed by atoms with van der Waals surface area (Å²) >= 11 is 0. The summed E-state index contributed by atoms with van der Waals surface area (Å²) in [5, 5.41) is 0. The Kier molecular flexibility index (Phi) is 6.92. The molecule has 0 amide bonds. The number of rotatable bonds is 7. The highest BCUT2D eigenvalue weighted by Gasteiger charge is 2.27. The van der Waals surface area contributed by atoms with Gasteiger partial charge in [0.25, 0.3) is 0 Å². The SMILES string of the molecule is C=CCNOC(=O)C(CC=C)C(=O)OC. The van der Waals surface area contributed by atoms with Gasteiger partial charge in [-0.3, -0.25) is 4.79 Å². The molecule has 5 nitrogen and oxygen atoms in total. The van der Waals surface area contributed by atoms with Gasteiger partial charge in [0.1, 0.15) is 0 Å². The summed E-state index contributed by atoms with van der Waals surface area (Å²) in [5.74, 6) is -2.30. The fraction of sp³-hybridized carbons (Fsp3) is 0.400. The van der Waals surface area contributed by atoms with E-state index in [0.717, 1.165) is 0 Å². The van der Waals surface area contributed by atoms with Crippen LogP contribution in [-0.2, 0) is 19.2 Å². The van der Waals surface area contributed by atoms with Gasteiger partial charge in [0.2, 0.25) is 0 Å². The third kappa shape index (κ3) is 4.97. The molecule has 0 spiro atoms. The molecular weight excluding hydrogens is 198 g/mol. The number of ether oxygens (including phenoxy) is 1. The predicted molar refractivity (Wildman–Crippen MR) is 54.6 cm³/mol. The Morgan fingerprint density at radius 3 is 2.47 bits per heavy atom. The minimum Gasteiger partial charge on any atom is -0.468 e. The van der Waals surface area contributed by atoms with Crippen molar-refractivity contribution in [3.8, 4) is 0 Å². The molecule has 1 unspecified atom stereocenters. The second-order valence-electron chi connectivity index (χ2n) is 2.66. The van der Waals surface area contributed by atoms with Crippen LogP contribution in [0.5, 0.6) is 0 Å². The van der Waals surface area contributed by atoms with E-state index >= 15 is 0 Å². The minimum absolute atomic E-state index is 0.182. The Labute approximate surface area is 88.7 Å². The lowest BCUT2D eigenvalue weighted by atomic mass is 10.1. The van der Waals surface area contributed by atoms with Crippen molar-refractivity contribution < 1.29 is 19.2 Å². The van der Waals surface area contributed by atoms with Crippen LogP contribution in [0.15, 0.2) is 25.3 Å². The monoisotopic (exact) mass is 213 g/mol. The van der Waals surface area contributed by atoms with Crippen molar-refractivity contribution in [2.24, 2.45) is 5.92 Å². The zero-order chi connectivity index (χ0) is 11.7. The molecule has 0 aliphatic heterocycles. The summed E-state index contributed by atoms with van der Waals surface area (Å²) < 4.78 is 4.46. The molecule has 15 heavy (non-hydrogen) atoms. The van der Waals surface area contributed by atoms with E-state index in [1.165, 1.54) is 19.3 Å². The minimum atomic E-state index is -0.968. The molecule has 0 saturated heterocycles. The zero-order valence-electron chi connectivity index (χ0n) is 8.69. The topological polar surface area (TPSA) is 64.6 Å². The summed E-state index contributed by atoms with van der Waals surface area (Å²) in [7, 11) is 1.21. The number of carbonyl (C=O) groups excluding carboxylic acids is 2. The first-order valence-electron chi connectivity index (χ1n) is 4.40. The molecule has 0 heterocycles. The van der Waals surface area contributed by atoms with Crippen LogP contribution in [0.4, 0.5) is 0 Å². The molecule has 1 atom stereocenters. The maximum Gasteiger partial charge on any atom is 0.339 e. The molecule has 0 aromatic carbocycles. The molecule has 1 N–H and O–H groups in total. The first kappa shape index (κ1) is 13.4. The molecule has 0 rings (SSSR count). The van der Waals surface area contributed by atoms with Crippen molar-refractivity contribution in [1.82, 2.24) is 5.48 Å². The lowest BCUT2D eigenvalue weighted by Gasteiger charge is -2.11. The van der Waals surface area contributed by atoms with Gasteiger partial charge in [-0.25, -0.2) is 4.79 Å². The maximum absolute atomic E-state index is 11.3. The molecular formula is C10H15NO4. The number of nitrogens with one attached hydrogen (secondary N) is 1. The summed E-state index contributed by atoms with van der Waals surface area (Å²) in [6.45, 7) is 7.19. The second kappa shape index (κ2) is 7.75.